The molecule has 0 radical (unpaired) electrons. The molecule has 0 fully saturated rings. The van der Waals surface area contributed by atoms with E-state index < -0.39 is 6.61 Å². The predicted molar refractivity (Wildman–Crippen MR) is 82.5 cm³/mol. The van der Waals surface area contributed by atoms with Crippen LogP contribution < -0.4 is 10.1 Å². The molecule has 2 rings (SSSR count). The minimum Gasteiger partial charge on any atom is -0.434 e. The van der Waals surface area contributed by atoms with Crippen LogP contribution in [0, 0.1) is 0 Å². The van der Waals surface area contributed by atoms with E-state index >= 15 is 0 Å². The van der Waals surface area contributed by atoms with Crippen LogP contribution in [0.1, 0.15) is 24.1 Å². The summed E-state index contributed by atoms with van der Waals surface area (Å²) in [4.78, 5) is 0. The molecule has 2 nitrogen and oxygen atoms in total. The second kappa shape index (κ2) is 7.52. The predicted octanol–water partition coefficient (Wildman–Crippen LogP) is 4.90. The fourth-order valence-corrected chi connectivity index (χ4v) is 2.48. The average molecular weight is 356 g/mol. The third kappa shape index (κ3) is 4.51. The number of hydrogen-bond donors (Lipinski definition) is 1. The minimum atomic E-state index is -2.82. The molecule has 0 saturated carbocycles. The smallest absolute Gasteiger partial charge is 0.387 e. The molecule has 0 spiro atoms. The van der Waals surface area contributed by atoms with Crippen molar-refractivity contribution >= 4 is 15.9 Å². The molecule has 112 valence electrons. The fourth-order valence-electron chi connectivity index (χ4n) is 2.06. The maximum atomic E-state index is 12.4. The van der Waals surface area contributed by atoms with Crippen molar-refractivity contribution in [3.8, 4) is 5.75 Å². The normalized spacial score (nSPS) is 12.4. The van der Waals surface area contributed by atoms with Crippen LogP contribution in [-0.2, 0) is 6.54 Å². The van der Waals surface area contributed by atoms with Gasteiger partial charge in [-0.3, -0.25) is 0 Å². The van der Waals surface area contributed by atoms with Gasteiger partial charge in [-0.2, -0.15) is 8.78 Å². The zero-order valence-electron chi connectivity index (χ0n) is 11.5. The first-order valence-corrected chi connectivity index (χ1v) is 7.37. The van der Waals surface area contributed by atoms with E-state index in [0.29, 0.717) is 12.1 Å². The quantitative estimate of drug-likeness (QED) is 0.795. The number of benzene rings is 2. The number of ether oxygens (including phenoxy) is 1. The Balaban J connectivity index is 2.07. The van der Waals surface area contributed by atoms with Crippen LogP contribution >= 0.6 is 15.9 Å². The summed E-state index contributed by atoms with van der Waals surface area (Å²) in [6.07, 6.45) is 0. The van der Waals surface area contributed by atoms with Crippen molar-refractivity contribution < 1.29 is 13.5 Å². The molecule has 0 saturated heterocycles. The van der Waals surface area contributed by atoms with Crippen LogP contribution in [0.5, 0.6) is 5.75 Å². The Labute approximate surface area is 131 Å². The van der Waals surface area contributed by atoms with Gasteiger partial charge in [0.25, 0.3) is 0 Å². The van der Waals surface area contributed by atoms with Crippen molar-refractivity contribution in [1.29, 1.82) is 0 Å². The lowest BCUT2D eigenvalue weighted by Gasteiger charge is -2.18. The van der Waals surface area contributed by atoms with Crippen LogP contribution in [0.15, 0.2) is 53.0 Å². The van der Waals surface area contributed by atoms with Crippen LogP contribution in [0.2, 0.25) is 0 Å². The Morgan fingerprint density at radius 1 is 1.10 bits per heavy atom. The highest BCUT2D eigenvalue weighted by molar-refractivity contribution is 9.10. The first-order valence-electron chi connectivity index (χ1n) is 6.58. The zero-order valence-corrected chi connectivity index (χ0v) is 13.1. The highest BCUT2D eigenvalue weighted by Crippen LogP contribution is 2.27. The molecule has 2 aromatic rings. The molecule has 2 aromatic carbocycles. The van der Waals surface area contributed by atoms with E-state index in [4.69, 9.17) is 0 Å². The van der Waals surface area contributed by atoms with Gasteiger partial charge in [-0.1, -0.05) is 52.3 Å². The second-order valence-corrected chi connectivity index (χ2v) is 5.46. The van der Waals surface area contributed by atoms with Crippen LogP contribution in [0.4, 0.5) is 8.78 Å². The molecule has 21 heavy (non-hydrogen) atoms. The molecule has 0 heterocycles. The highest BCUT2D eigenvalue weighted by Gasteiger charge is 2.14. The molecule has 1 N–H and O–H groups in total. The van der Waals surface area contributed by atoms with Crippen molar-refractivity contribution in [3.05, 3.63) is 64.1 Å². The van der Waals surface area contributed by atoms with Gasteiger partial charge in [-0.25, -0.2) is 0 Å². The number of alkyl halides is 2. The van der Waals surface area contributed by atoms with Gasteiger partial charge in [0.1, 0.15) is 5.75 Å². The lowest BCUT2D eigenvalue weighted by atomic mass is 10.1. The highest BCUT2D eigenvalue weighted by atomic mass is 79.9. The summed E-state index contributed by atoms with van der Waals surface area (Å²) in [6.45, 7) is -0.266. The van der Waals surface area contributed by atoms with Crippen molar-refractivity contribution in [2.75, 3.05) is 0 Å². The molecule has 0 aliphatic rings. The van der Waals surface area contributed by atoms with Crippen molar-refractivity contribution in [2.24, 2.45) is 0 Å². The maximum Gasteiger partial charge on any atom is 0.387 e. The van der Waals surface area contributed by atoms with Crippen molar-refractivity contribution in [2.45, 2.75) is 26.1 Å². The molecular weight excluding hydrogens is 340 g/mol. The lowest BCUT2D eigenvalue weighted by molar-refractivity contribution is -0.0506. The SMILES string of the molecule is CC(NCc1ccccc1Br)c1ccccc1OC(F)F. The molecule has 0 bridgehead atoms. The van der Waals surface area contributed by atoms with E-state index in [1.54, 1.807) is 18.2 Å². The Kier molecular flexibility index (Phi) is 5.70. The van der Waals surface area contributed by atoms with Crippen LogP contribution in [-0.4, -0.2) is 6.61 Å². The maximum absolute atomic E-state index is 12.4. The standard InChI is InChI=1S/C16H16BrF2NO/c1-11(20-10-12-6-2-4-8-14(12)17)13-7-3-5-9-15(13)21-16(18)19/h2-9,11,16,20H,10H2,1H3. The number of halogens is 3. The summed E-state index contributed by atoms with van der Waals surface area (Å²) in [5, 5.41) is 3.31. The van der Waals surface area contributed by atoms with Gasteiger partial charge in [0.15, 0.2) is 0 Å². The Hall–Kier alpha value is -1.46. The molecule has 1 unspecified atom stereocenters. The molecule has 1 atom stereocenters. The molecule has 0 aliphatic carbocycles. The number of hydrogen-bond acceptors (Lipinski definition) is 2. The average Bonchev–Trinajstić information content (AvgIpc) is 2.46. The molecular formula is C16H16BrF2NO. The topological polar surface area (TPSA) is 21.3 Å². The van der Waals surface area contributed by atoms with E-state index in [2.05, 4.69) is 26.0 Å². The number of para-hydroxylation sites is 1. The van der Waals surface area contributed by atoms with E-state index in [1.807, 2.05) is 37.3 Å². The third-order valence-corrected chi connectivity index (χ3v) is 3.93. The largest absolute Gasteiger partial charge is 0.434 e. The molecule has 0 aromatic heterocycles. The van der Waals surface area contributed by atoms with Crippen molar-refractivity contribution in [3.63, 3.8) is 0 Å². The van der Waals surface area contributed by atoms with E-state index in [9.17, 15) is 8.78 Å². The third-order valence-electron chi connectivity index (χ3n) is 3.16. The summed E-state index contributed by atoms with van der Waals surface area (Å²) < 4.78 is 30.4. The summed E-state index contributed by atoms with van der Waals surface area (Å²) in [7, 11) is 0. The zero-order chi connectivity index (χ0) is 15.2. The fraction of sp³-hybridized carbons (Fsp3) is 0.250. The van der Waals surface area contributed by atoms with Gasteiger partial charge >= 0.3 is 6.61 Å². The van der Waals surface area contributed by atoms with Crippen LogP contribution in [0.25, 0.3) is 0 Å². The van der Waals surface area contributed by atoms with Gasteiger partial charge in [0.2, 0.25) is 0 Å². The van der Waals surface area contributed by atoms with Crippen molar-refractivity contribution in [1.82, 2.24) is 5.32 Å². The Morgan fingerprint density at radius 3 is 2.48 bits per heavy atom. The molecule has 0 amide bonds. The first kappa shape index (κ1) is 15.9. The summed E-state index contributed by atoms with van der Waals surface area (Å²) >= 11 is 3.49. The van der Waals surface area contributed by atoms with Gasteiger partial charge in [0, 0.05) is 22.6 Å². The van der Waals surface area contributed by atoms with E-state index in [0.717, 1.165) is 10.0 Å². The summed E-state index contributed by atoms with van der Waals surface area (Å²) in [5.41, 5.74) is 1.82. The summed E-state index contributed by atoms with van der Waals surface area (Å²) in [6, 6.07) is 14.6. The second-order valence-electron chi connectivity index (χ2n) is 4.61. The van der Waals surface area contributed by atoms with Crippen LogP contribution in [0.3, 0.4) is 0 Å². The summed E-state index contributed by atoms with van der Waals surface area (Å²) in [5.74, 6) is 0.208. The Morgan fingerprint density at radius 2 is 1.76 bits per heavy atom. The van der Waals surface area contributed by atoms with Gasteiger partial charge in [-0.15, -0.1) is 0 Å². The monoisotopic (exact) mass is 355 g/mol. The van der Waals surface area contributed by atoms with E-state index in [1.165, 1.54) is 0 Å². The van der Waals surface area contributed by atoms with Gasteiger partial charge < -0.3 is 10.1 Å². The Bertz CT molecular complexity index is 592. The van der Waals surface area contributed by atoms with Gasteiger partial charge in [-0.05, 0) is 24.6 Å². The molecule has 5 heteroatoms. The number of nitrogens with one attached hydrogen (secondary N) is 1. The lowest BCUT2D eigenvalue weighted by Crippen LogP contribution is -2.19. The number of rotatable bonds is 6. The van der Waals surface area contributed by atoms with E-state index in [-0.39, 0.29) is 11.8 Å². The molecule has 0 aliphatic heterocycles. The minimum absolute atomic E-state index is 0.105. The first-order chi connectivity index (χ1) is 10.1. The van der Waals surface area contributed by atoms with Gasteiger partial charge in [0.05, 0.1) is 0 Å².